The molecule has 3 heterocycles. The van der Waals surface area contributed by atoms with Crippen molar-refractivity contribution in [2.75, 3.05) is 174 Å². The van der Waals surface area contributed by atoms with E-state index in [4.69, 9.17) is 73.0 Å². The molecule has 0 unspecified atom stereocenters. The van der Waals surface area contributed by atoms with Gasteiger partial charge in [-0.1, -0.05) is 0 Å². The first-order valence-corrected chi connectivity index (χ1v) is 22.7. The van der Waals surface area contributed by atoms with E-state index in [2.05, 4.69) is 40.5 Å². The van der Waals surface area contributed by atoms with Crippen LogP contribution in [0.25, 0.3) is 11.2 Å². The monoisotopic (exact) mass is 977 g/mol. The molecule has 1 aliphatic heterocycles. The zero-order valence-corrected chi connectivity index (χ0v) is 40.1. The summed E-state index contributed by atoms with van der Waals surface area (Å²) in [5.41, 5.74) is 6.44. The van der Waals surface area contributed by atoms with Gasteiger partial charge in [-0.3, -0.25) is 4.57 Å². The van der Waals surface area contributed by atoms with Gasteiger partial charge in [-0.2, -0.15) is 4.31 Å². The number of ether oxygens (including phenoxy) is 9. The van der Waals surface area contributed by atoms with Gasteiger partial charge in [0.2, 0.25) is 0 Å². The number of nitrogens with one attached hydrogen (secondary N) is 4. The summed E-state index contributed by atoms with van der Waals surface area (Å²) < 4.78 is 67.6. The highest BCUT2D eigenvalue weighted by Gasteiger charge is 2.44. The van der Waals surface area contributed by atoms with E-state index in [0.717, 1.165) is 105 Å². The number of imidazole rings is 1. The number of hydrogen-bond acceptors (Lipinski definition) is 23. The van der Waals surface area contributed by atoms with Crippen molar-refractivity contribution < 1.29 is 91.0 Å². The molecule has 0 aromatic carbocycles. The second-order valence-electron chi connectivity index (χ2n) is 12.3. The number of phosphoric acid groups is 2. The third-order valence-electron chi connectivity index (χ3n) is 7.25. The van der Waals surface area contributed by atoms with Gasteiger partial charge in [0.05, 0.1) is 65.8 Å². The number of nitrogens with zero attached hydrogens (tertiary/aromatic N) is 4. The van der Waals surface area contributed by atoms with Crippen LogP contribution < -0.4 is 27.0 Å². The van der Waals surface area contributed by atoms with E-state index in [1.165, 1.54) is 17.2 Å². The molecular formula is C34H77N9O19P2. The largest absolute Gasteiger partial charge is 0.478 e. The van der Waals surface area contributed by atoms with Crippen LogP contribution in [-0.2, 0) is 56.1 Å². The molecule has 0 saturated carbocycles. The Morgan fingerprint density at radius 1 is 0.594 bits per heavy atom. The highest BCUT2D eigenvalue weighted by Crippen LogP contribution is 2.53. The predicted molar refractivity (Wildman–Crippen MR) is 234 cm³/mol. The average Bonchev–Trinajstić information content (AvgIpc) is 3.80. The van der Waals surface area contributed by atoms with Crippen molar-refractivity contribution in [3.05, 3.63) is 12.7 Å². The number of methoxy groups -OCH3 is 8. The summed E-state index contributed by atoms with van der Waals surface area (Å²) in [6.07, 6.45) is -1.42. The van der Waals surface area contributed by atoms with Crippen LogP contribution in [0.5, 0.6) is 0 Å². The summed E-state index contributed by atoms with van der Waals surface area (Å²) in [5, 5.41) is 41.3. The minimum absolute atomic E-state index is 0.218. The SMILES string of the molecule is COCCNCCOC.COCCNCCOC.COCCNCCOC.COCCNCCOC.Nc1ncnc2c1ncn2[C@@H]1O[C@H](CO)[C@@H](O)[C@H]1O.O=P(O)(O)OP(=O)(O)O. The number of nitrogens with two attached hydrogens (primary N) is 1. The van der Waals surface area contributed by atoms with Crippen LogP contribution in [0.2, 0.25) is 0 Å². The van der Waals surface area contributed by atoms with Crippen LogP contribution in [0.3, 0.4) is 0 Å². The molecule has 0 spiro atoms. The fraction of sp³-hybridized carbons (Fsp3) is 0.853. The number of rotatable bonds is 28. The van der Waals surface area contributed by atoms with E-state index < -0.39 is 46.8 Å². The van der Waals surface area contributed by atoms with Crippen LogP contribution in [-0.4, -0.2) is 241 Å². The Balaban J connectivity index is -0.000000728. The number of aromatic nitrogens is 4. The minimum Gasteiger partial charge on any atom is -0.394 e. The molecule has 0 bridgehead atoms. The molecule has 0 radical (unpaired) electrons. The fourth-order valence-corrected chi connectivity index (χ4v) is 5.31. The lowest BCUT2D eigenvalue weighted by Crippen LogP contribution is -2.33. The van der Waals surface area contributed by atoms with Gasteiger partial charge in [-0.25, -0.2) is 24.1 Å². The Hall–Kier alpha value is -2.03. The van der Waals surface area contributed by atoms with Crippen molar-refractivity contribution in [2.45, 2.75) is 24.5 Å². The lowest BCUT2D eigenvalue weighted by molar-refractivity contribution is -0.0511. The summed E-state index contributed by atoms with van der Waals surface area (Å²) in [4.78, 5) is 42.9. The van der Waals surface area contributed by atoms with Gasteiger partial charge in [0.15, 0.2) is 17.7 Å². The molecule has 3 rings (SSSR count). The first-order valence-electron chi connectivity index (χ1n) is 19.6. The second kappa shape index (κ2) is 44.8. The maximum Gasteiger partial charge on any atom is 0.478 e. The van der Waals surface area contributed by atoms with E-state index in [1.807, 2.05) is 0 Å². The summed E-state index contributed by atoms with van der Waals surface area (Å²) in [6.45, 7) is 13.0. The van der Waals surface area contributed by atoms with Crippen LogP contribution in [0.4, 0.5) is 5.82 Å². The number of fused-ring (bicyclic) bond motifs is 1. The van der Waals surface area contributed by atoms with Gasteiger partial charge in [-0.05, 0) is 0 Å². The van der Waals surface area contributed by atoms with Gasteiger partial charge in [0.1, 0.15) is 30.2 Å². The molecule has 2 aromatic heterocycles. The average molecular weight is 978 g/mol. The van der Waals surface area contributed by atoms with Crippen LogP contribution in [0, 0.1) is 0 Å². The van der Waals surface area contributed by atoms with Crippen LogP contribution >= 0.6 is 15.6 Å². The van der Waals surface area contributed by atoms with Crippen molar-refractivity contribution in [3.8, 4) is 0 Å². The maximum atomic E-state index is 9.95. The second-order valence-corrected chi connectivity index (χ2v) is 14.9. The number of hydrogen-bond donors (Lipinski definition) is 12. The number of aliphatic hydroxyl groups is 3. The molecule has 0 amide bonds. The van der Waals surface area contributed by atoms with Crippen molar-refractivity contribution in [3.63, 3.8) is 0 Å². The Labute approximate surface area is 375 Å². The Morgan fingerprint density at radius 3 is 1.17 bits per heavy atom. The van der Waals surface area contributed by atoms with Crippen LogP contribution in [0.1, 0.15) is 6.23 Å². The molecule has 28 nitrogen and oxygen atoms in total. The van der Waals surface area contributed by atoms with Gasteiger partial charge in [0.25, 0.3) is 0 Å². The van der Waals surface area contributed by atoms with E-state index in [1.54, 1.807) is 56.9 Å². The molecule has 1 saturated heterocycles. The fourth-order valence-electron chi connectivity index (χ4n) is 4.20. The molecule has 0 aliphatic carbocycles. The summed E-state index contributed by atoms with van der Waals surface area (Å²) in [5.74, 6) is 0.218. The molecule has 1 fully saturated rings. The number of nitrogen functional groups attached to an aromatic ring is 1. The smallest absolute Gasteiger partial charge is 0.394 e. The molecule has 1 aliphatic rings. The third kappa shape index (κ3) is 39.2. The molecule has 382 valence electrons. The van der Waals surface area contributed by atoms with Gasteiger partial charge in [-0.15, -0.1) is 0 Å². The zero-order chi connectivity index (χ0) is 49.1. The zero-order valence-electron chi connectivity index (χ0n) is 38.3. The molecule has 2 aromatic rings. The summed E-state index contributed by atoms with van der Waals surface area (Å²) in [7, 11) is 3.44. The lowest BCUT2D eigenvalue weighted by atomic mass is 10.1. The standard InChI is InChI=1S/C10H13N5O4.4C6H15NO2.H4O7P2/c11-8-5-9(13-2-12-8)15(3-14-5)10-7(18)6(17)4(1-16)19-10;4*1-8-5-3-7-4-6-9-2;1-8(2,3)7-9(4,5)6/h2-4,6-7,10,16-18H,1H2,(H2,11,12,13);4*7H,3-6H2,1-2H3;(H2,1,2,3)(H2,4,5,6)/t4-,6-,7-,10-;;;;;/m1...../s1. The van der Waals surface area contributed by atoms with E-state index in [9.17, 15) is 19.3 Å². The van der Waals surface area contributed by atoms with Gasteiger partial charge < -0.3 is 105 Å². The lowest BCUT2D eigenvalue weighted by Gasteiger charge is -2.16. The molecule has 13 N–H and O–H groups in total. The molecule has 30 heteroatoms. The quantitative estimate of drug-likeness (QED) is 0.0293. The van der Waals surface area contributed by atoms with Gasteiger partial charge >= 0.3 is 15.6 Å². The molecule has 4 atom stereocenters. The summed E-state index contributed by atoms with van der Waals surface area (Å²) >= 11 is 0. The first kappa shape index (κ1) is 66.2. The van der Waals surface area contributed by atoms with Crippen molar-refractivity contribution in [2.24, 2.45) is 0 Å². The first-order chi connectivity index (χ1) is 30.5. The van der Waals surface area contributed by atoms with E-state index in [0.29, 0.717) is 11.2 Å². The molecule has 64 heavy (non-hydrogen) atoms. The van der Waals surface area contributed by atoms with E-state index >= 15 is 0 Å². The Morgan fingerprint density at radius 2 is 0.922 bits per heavy atom. The maximum absolute atomic E-state index is 9.95. The topological polar surface area (TPSA) is 386 Å². The Bertz CT molecular complexity index is 1300. The predicted octanol–water partition coefficient (Wildman–Crippen LogP) is -3.32. The minimum atomic E-state index is -5.05. The van der Waals surface area contributed by atoms with Crippen molar-refractivity contribution in [1.82, 2.24) is 40.8 Å². The van der Waals surface area contributed by atoms with E-state index in [-0.39, 0.29) is 5.82 Å². The van der Waals surface area contributed by atoms with Gasteiger partial charge in [0, 0.05) is 109 Å². The third-order valence-corrected chi connectivity index (χ3v) is 8.96. The number of aliphatic hydroxyl groups excluding tert-OH is 3. The van der Waals surface area contributed by atoms with Crippen LogP contribution in [0.15, 0.2) is 12.7 Å². The normalized spacial score (nSPS) is 16.8. The summed E-state index contributed by atoms with van der Waals surface area (Å²) in [6, 6.07) is 0. The van der Waals surface area contributed by atoms with Crippen molar-refractivity contribution in [1.29, 1.82) is 0 Å². The Kier molecular flexibility index (Phi) is 46.4. The number of anilines is 1. The van der Waals surface area contributed by atoms with Crippen molar-refractivity contribution >= 4 is 32.6 Å². The molecular weight excluding hydrogens is 900 g/mol. The highest BCUT2D eigenvalue weighted by molar-refractivity contribution is 7.60. The highest BCUT2D eigenvalue weighted by atomic mass is 31.3.